The van der Waals surface area contributed by atoms with Crippen LogP contribution in [0.4, 0.5) is 0 Å². The zero-order valence-corrected chi connectivity index (χ0v) is 36.8. The van der Waals surface area contributed by atoms with Gasteiger partial charge in [0.2, 0.25) is 0 Å². The summed E-state index contributed by atoms with van der Waals surface area (Å²) >= 11 is 0. The summed E-state index contributed by atoms with van der Waals surface area (Å²) in [6, 6.07) is 8.22. The van der Waals surface area contributed by atoms with Gasteiger partial charge in [-0.25, -0.2) is 15.0 Å². The third kappa shape index (κ3) is 8.02. The van der Waals surface area contributed by atoms with Gasteiger partial charge in [-0.2, -0.15) is 4.68 Å². The van der Waals surface area contributed by atoms with Crippen molar-refractivity contribution in [3.63, 3.8) is 0 Å². The van der Waals surface area contributed by atoms with Gasteiger partial charge >= 0.3 is 0 Å². The van der Waals surface area contributed by atoms with E-state index in [-0.39, 0.29) is 27.3 Å². The van der Waals surface area contributed by atoms with Crippen LogP contribution < -0.4 is 0 Å². The average molecular weight is 752 g/mol. The highest BCUT2D eigenvalue weighted by molar-refractivity contribution is 6.75. The Morgan fingerprint density at radius 1 is 0.745 bits per heavy atom. The molecule has 0 unspecified atom stereocenters. The number of hydrogen-bond acceptors (Lipinski definition) is 9. The molecule has 0 radical (unpaired) electrons. The fourth-order valence-electron chi connectivity index (χ4n) is 5.29. The minimum absolute atomic E-state index is 0.0174. The summed E-state index contributed by atoms with van der Waals surface area (Å²) in [5.74, 6) is 0.538. The number of imidazole rings is 1. The maximum atomic E-state index is 7.37. The van der Waals surface area contributed by atoms with Crippen LogP contribution in [-0.4, -0.2) is 84.4 Å². The number of fused-ring (bicyclic) bond motifs is 1. The highest BCUT2D eigenvalue weighted by Gasteiger charge is 2.55. The van der Waals surface area contributed by atoms with Crippen LogP contribution in [0.2, 0.25) is 54.4 Å². The molecule has 5 rings (SSSR count). The molecule has 4 heterocycles. The third-order valence-corrected chi connectivity index (χ3v) is 25.3. The Kier molecular flexibility index (Phi) is 10.6. The molecule has 1 fully saturated rings. The Morgan fingerprint density at radius 3 is 1.88 bits per heavy atom. The van der Waals surface area contributed by atoms with Gasteiger partial charge < -0.3 is 18.0 Å². The van der Waals surface area contributed by atoms with E-state index in [1.807, 2.05) is 22.9 Å². The molecule has 11 nitrogen and oxygen atoms in total. The predicted molar refractivity (Wildman–Crippen MR) is 212 cm³/mol. The molecule has 4 aromatic rings. The van der Waals surface area contributed by atoms with Crippen LogP contribution in [-0.2, 0) is 18.0 Å². The number of ether oxygens (including phenoxy) is 1. The zero-order valence-electron chi connectivity index (χ0n) is 33.8. The Labute approximate surface area is 308 Å². The van der Waals surface area contributed by atoms with E-state index in [9.17, 15) is 0 Å². The minimum atomic E-state index is -2.34. The van der Waals surface area contributed by atoms with Crippen LogP contribution in [0.3, 0.4) is 0 Å². The predicted octanol–water partition coefficient (Wildman–Crippen LogP) is 9.08. The molecule has 3 aromatic heterocycles. The SMILES string of the molecule is Cc1ccc(-c2cn(-c3ncnc4c3ncn4[C@@H]3O[C@H](CO[Si](C)(C)C(C)(C)C)[C@@H](O[Si](C)(C)C(C)(C)C)[C@H]3O[Si](C)(C)C(C)(C)C)nn2)cc1. The topological polar surface area (TPSA) is 111 Å². The summed E-state index contributed by atoms with van der Waals surface area (Å²) in [6.07, 6.45) is 3.49. The van der Waals surface area contributed by atoms with Crippen molar-refractivity contribution in [2.24, 2.45) is 0 Å². The van der Waals surface area contributed by atoms with E-state index in [0.29, 0.717) is 23.6 Å². The molecule has 4 atom stereocenters. The molecule has 0 spiro atoms. The third-order valence-electron chi connectivity index (χ3n) is 11.8. The van der Waals surface area contributed by atoms with E-state index in [4.69, 9.17) is 28.0 Å². The average Bonchev–Trinajstić information content (AvgIpc) is 3.73. The molecule has 14 heteroatoms. The fourth-order valence-corrected chi connectivity index (χ4v) is 8.91. The largest absolute Gasteiger partial charge is 0.414 e. The maximum Gasteiger partial charge on any atom is 0.192 e. The molecule has 280 valence electrons. The molecule has 0 aliphatic carbocycles. The van der Waals surface area contributed by atoms with Crippen LogP contribution in [0.5, 0.6) is 0 Å². The Balaban J connectivity index is 1.60. The second-order valence-electron chi connectivity index (χ2n) is 18.8. The molecule has 1 aliphatic heterocycles. The summed E-state index contributed by atoms with van der Waals surface area (Å²) in [5, 5.41) is 8.87. The Morgan fingerprint density at radius 2 is 1.31 bits per heavy atom. The first-order valence-corrected chi connectivity index (χ1v) is 26.9. The van der Waals surface area contributed by atoms with Gasteiger partial charge in [-0.3, -0.25) is 4.57 Å². The number of benzene rings is 1. The Hall–Kier alpha value is -2.60. The van der Waals surface area contributed by atoms with Gasteiger partial charge in [-0.1, -0.05) is 97.4 Å². The highest BCUT2D eigenvalue weighted by Crippen LogP contribution is 2.47. The molecule has 1 saturated heterocycles. The van der Waals surface area contributed by atoms with Crippen LogP contribution in [0.1, 0.15) is 74.1 Å². The standard InChI is InChI=1S/C37H61N7O4Si3/c1-25-17-19-26(20-18-25)27-21-44(42-41-27)33-29-32(38-23-39-33)43(24-40-29)34-31(48-51(15,16)37(8,9)10)30(47-50(13,14)36(5,6)7)28(46-34)22-45-49(11,12)35(2,3)4/h17-21,23-24,28,30-31,34H,22H2,1-16H3/t28-,30-,31-,34-/m1/s1. The summed E-state index contributed by atoms with van der Waals surface area (Å²) in [7, 11) is -6.74. The van der Waals surface area contributed by atoms with Crippen molar-refractivity contribution in [2.45, 2.75) is 148 Å². The number of aryl methyl sites for hydroxylation is 1. The summed E-state index contributed by atoms with van der Waals surface area (Å²) < 4.78 is 32.3. The van der Waals surface area contributed by atoms with Crippen molar-refractivity contribution >= 4 is 36.1 Å². The van der Waals surface area contributed by atoms with E-state index < -0.39 is 37.3 Å². The lowest BCUT2D eigenvalue weighted by atomic mass is 10.1. The normalized spacial score (nSPS) is 21.2. The van der Waals surface area contributed by atoms with E-state index in [1.165, 1.54) is 5.56 Å². The van der Waals surface area contributed by atoms with E-state index in [2.05, 4.69) is 136 Å². The number of nitrogens with zero attached hydrogens (tertiary/aromatic N) is 7. The van der Waals surface area contributed by atoms with Crippen molar-refractivity contribution < 1.29 is 18.0 Å². The molecule has 1 aromatic carbocycles. The van der Waals surface area contributed by atoms with Crippen LogP contribution in [0.15, 0.2) is 43.1 Å². The number of aromatic nitrogens is 7. The van der Waals surface area contributed by atoms with Gasteiger partial charge in [0.1, 0.15) is 30.3 Å². The second-order valence-corrected chi connectivity index (χ2v) is 33.1. The molecule has 1 aliphatic rings. The lowest BCUT2D eigenvalue weighted by Gasteiger charge is -2.44. The molecule has 0 bridgehead atoms. The van der Waals surface area contributed by atoms with E-state index in [0.717, 1.165) is 11.3 Å². The molecular weight excluding hydrogens is 691 g/mol. The Bertz CT molecular complexity index is 1820. The van der Waals surface area contributed by atoms with Crippen molar-refractivity contribution in [2.75, 3.05) is 6.61 Å². The lowest BCUT2D eigenvalue weighted by molar-refractivity contribution is -0.0470. The van der Waals surface area contributed by atoms with Crippen molar-refractivity contribution in [3.8, 4) is 17.1 Å². The summed E-state index contributed by atoms with van der Waals surface area (Å²) in [5.41, 5.74) is 4.13. The van der Waals surface area contributed by atoms with Gasteiger partial charge in [0.15, 0.2) is 48.2 Å². The minimum Gasteiger partial charge on any atom is -0.414 e. The van der Waals surface area contributed by atoms with Gasteiger partial charge in [-0.15, -0.1) is 5.10 Å². The fraction of sp³-hybridized carbons (Fsp3) is 0.649. The van der Waals surface area contributed by atoms with Crippen molar-refractivity contribution in [1.29, 1.82) is 0 Å². The maximum absolute atomic E-state index is 7.37. The van der Waals surface area contributed by atoms with Crippen LogP contribution >= 0.6 is 0 Å². The second kappa shape index (κ2) is 13.7. The van der Waals surface area contributed by atoms with Gasteiger partial charge in [0.25, 0.3) is 0 Å². The molecule has 51 heavy (non-hydrogen) atoms. The van der Waals surface area contributed by atoms with Crippen molar-refractivity contribution in [3.05, 3.63) is 48.7 Å². The number of hydrogen-bond donors (Lipinski definition) is 0. The van der Waals surface area contributed by atoms with Gasteiger partial charge in [0, 0.05) is 5.56 Å². The summed E-state index contributed by atoms with van der Waals surface area (Å²) in [4.78, 5) is 14.2. The zero-order chi connectivity index (χ0) is 37.9. The first-order valence-electron chi connectivity index (χ1n) is 18.2. The summed E-state index contributed by atoms with van der Waals surface area (Å²) in [6.45, 7) is 36.6. The number of rotatable bonds is 10. The van der Waals surface area contributed by atoms with E-state index in [1.54, 1.807) is 17.3 Å². The monoisotopic (exact) mass is 751 g/mol. The van der Waals surface area contributed by atoms with Crippen molar-refractivity contribution in [1.82, 2.24) is 34.5 Å². The lowest BCUT2D eigenvalue weighted by Crippen LogP contribution is -2.54. The quantitative estimate of drug-likeness (QED) is 0.147. The molecule has 0 saturated carbocycles. The van der Waals surface area contributed by atoms with E-state index >= 15 is 0 Å². The molecule has 0 N–H and O–H groups in total. The smallest absolute Gasteiger partial charge is 0.192 e. The molecule has 0 amide bonds. The molecular formula is C37H61N7O4Si3. The van der Waals surface area contributed by atoms with Gasteiger partial charge in [0.05, 0.1) is 19.1 Å². The highest BCUT2D eigenvalue weighted by atomic mass is 28.4. The van der Waals surface area contributed by atoms with Crippen LogP contribution in [0, 0.1) is 6.92 Å². The first kappa shape index (κ1) is 39.6. The van der Waals surface area contributed by atoms with Crippen LogP contribution in [0.25, 0.3) is 28.2 Å². The first-order chi connectivity index (χ1) is 23.3. The van der Waals surface area contributed by atoms with Gasteiger partial charge in [-0.05, 0) is 61.3 Å².